The number of rotatable bonds is 13. The average Bonchev–Trinajstić information content (AvgIpc) is 3.90. The number of carboxylic acids is 1. The smallest absolute Gasteiger partial charge is 0.410 e. The van der Waals surface area contributed by atoms with Gasteiger partial charge >= 0.3 is 12.1 Å². The van der Waals surface area contributed by atoms with E-state index in [0.29, 0.717) is 44.0 Å². The van der Waals surface area contributed by atoms with Crippen LogP contribution >= 0.6 is 0 Å². The van der Waals surface area contributed by atoms with E-state index in [0.717, 1.165) is 48.2 Å². The Labute approximate surface area is 305 Å². The summed E-state index contributed by atoms with van der Waals surface area (Å²) in [6.07, 6.45) is 2.76. The molecule has 10 nitrogen and oxygen atoms in total. The number of fused-ring (bicyclic) bond motifs is 1. The van der Waals surface area contributed by atoms with Gasteiger partial charge in [-0.3, -0.25) is 4.79 Å². The monoisotopic (exact) mass is 715 g/mol. The molecule has 1 aliphatic carbocycles. The summed E-state index contributed by atoms with van der Waals surface area (Å²) in [7, 11) is 1.68. The van der Waals surface area contributed by atoms with Crippen molar-refractivity contribution in [2.45, 2.75) is 69.9 Å². The van der Waals surface area contributed by atoms with Crippen molar-refractivity contribution in [3.63, 3.8) is 0 Å². The van der Waals surface area contributed by atoms with Crippen LogP contribution in [0, 0.1) is 11.7 Å². The molecule has 2 heterocycles. The molecule has 0 aromatic heterocycles. The predicted molar refractivity (Wildman–Crippen MR) is 196 cm³/mol. The number of ether oxygens (including phenoxy) is 3. The number of carboxylic acid groups (broad SMARTS) is 1. The fraction of sp³-hybridized carbons (Fsp3) is 0.488. The van der Waals surface area contributed by atoms with Gasteiger partial charge in [0.25, 0.3) is 0 Å². The first-order valence-corrected chi connectivity index (χ1v) is 18.3. The Kier molecular flexibility index (Phi) is 11.4. The van der Waals surface area contributed by atoms with Gasteiger partial charge in [0.15, 0.2) is 6.61 Å². The van der Waals surface area contributed by atoms with Crippen molar-refractivity contribution in [2.24, 2.45) is 5.92 Å². The summed E-state index contributed by atoms with van der Waals surface area (Å²) in [6.45, 7) is 8.14. The minimum atomic E-state index is -1.04. The van der Waals surface area contributed by atoms with Gasteiger partial charge in [-0.2, -0.15) is 0 Å². The topological polar surface area (TPSA) is 109 Å². The van der Waals surface area contributed by atoms with Crippen LogP contribution < -0.4 is 9.64 Å². The van der Waals surface area contributed by atoms with Gasteiger partial charge in [0, 0.05) is 69.7 Å². The molecule has 1 N–H and O–H groups in total. The molecule has 278 valence electrons. The van der Waals surface area contributed by atoms with Crippen LogP contribution in [0.3, 0.4) is 0 Å². The molecule has 1 saturated heterocycles. The van der Waals surface area contributed by atoms with Crippen molar-refractivity contribution >= 4 is 23.7 Å². The lowest BCUT2D eigenvalue weighted by atomic mass is 9.78. The van der Waals surface area contributed by atoms with Crippen molar-refractivity contribution in [1.82, 2.24) is 9.80 Å². The van der Waals surface area contributed by atoms with Gasteiger partial charge in [0.1, 0.15) is 17.2 Å². The number of amides is 2. The van der Waals surface area contributed by atoms with Gasteiger partial charge in [-0.25, -0.2) is 14.0 Å². The molecule has 0 spiro atoms. The van der Waals surface area contributed by atoms with Gasteiger partial charge < -0.3 is 34.0 Å². The van der Waals surface area contributed by atoms with Crippen LogP contribution in [-0.4, -0.2) is 97.6 Å². The molecule has 0 bridgehead atoms. The Morgan fingerprint density at radius 1 is 0.962 bits per heavy atom. The fourth-order valence-corrected chi connectivity index (χ4v) is 7.61. The average molecular weight is 716 g/mol. The van der Waals surface area contributed by atoms with Crippen molar-refractivity contribution in [1.29, 1.82) is 0 Å². The third-order valence-electron chi connectivity index (χ3n) is 10.1. The highest BCUT2D eigenvalue weighted by molar-refractivity contribution is 5.82. The number of hydrogen-bond acceptors (Lipinski definition) is 7. The molecule has 3 aliphatic rings. The molecular formula is C41H50FN3O7. The van der Waals surface area contributed by atoms with E-state index in [1.54, 1.807) is 30.2 Å². The van der Waals surface area contributed by atoms with Crippen LogP contribution in [0.1, 0.15) is 69.4 Å². The Balaban J connectivity index is 1.28. The predicted octanol–water partition coefficient (Wildman–Crippen LogP) is 6.93. The van der Waals surface area contributed by atoms with Crippen LogP contribution in [0.15, 0.2) is 66.7 Å². The normalized spacial score (nSPS) is 20.0. The third kappa shape index (κ3) is 8.86. The quantitative estimate of drug-likeness (QED) is 0.190. The summed E-state index contributed by atoms with van der Waals surface area (Å²) in [6, 6.07) is 20.7. The number of carbonyl (C=O) groups is 3. The largest absolute Gasteiger partial charge is 0.482 e. The Morgan fingerprint density at radius 2 is 1.71 bits per heavy atom. The first-order chi connectivity index (χ1) is 24.9. The number of benzene rings is 3. The molecule has 3 aromatic carbocycles. The van der Waals surface area contributed by atoms with Crippen molar-refractivity contribution < 1.29 is 38.1 Å². The summed E-state index contributed by atoms with van der Waals surface area (Å²) >= 11 is 0. The molecule has 1 saturated carbocycles. The molecule has 1 unspecified atom stereocenters. The maximum atomic E-state index is 15.5. The van der Waals surface area contributed by atoms with Gasteiger partial charge in [-0.05, 0) is 93.3 Å². The van der Waals surface area contributed by atoms with Crippen LogP contribution in [0.4, 0.5) is 14.9 Å². The lowest BCUT2D eigenvalue weighted by Crippen LogP contribution is -2.51. The number of carbonyl (C=O) groups excluding carboxylic acids is 2. The molecule has 6 rings (SSSR count). The van der Waals surface area contributed by atoms with E-state index in [2.05, 4.69) is 11.0 Å². The number of anilines is 1. The number of aliphatic carboxylic acids is 1. The molecular weight excluding hydrogens is 665 g/mol. The summed E-state index contributed by atoms with van der Waals surface area (Å²) in [4.78, 5) is 45.1. The molecule has 2 amide bonds. The minimum Gasteiger partial charge on any atom is -0.482 e. The summed E-state index contributed by atoms with van der Waals surface area (Å²) in [5, 5.41) is 8.95. The summed E-state index contributed by atoms with van der Waals surface area (Å²) in [5.74, 6) is -1.71. The summed E-state index contributed by atoms with van der Waals surface area (Å²) in [5.41, 5.74) is 3.76. The standard InChI is InChI=1S/C41H50FN3O7/c1-41(2,3)52-40(49)44-20-18-33(29-9-5-8-28(22-29)27-12-16-32(17-13-27)51-26-37(46)47)34(25-44)39(48)45(31-14-15-31)24-30-23-43(19-7-21-50-4)36-11-6-10-35(42)38(30)36/h5-6,8-13,16-17,22,30-31,33-34H,7,14-15,18-21,23-26H2,1-4H3,(H,46,47)/t30?,33-,34+/m1/s1. The molecule has 3 atom stereocenters. The first kappa shape index (κ1) is 37.1. The lowest BCUT2D eigenvalue weighted by molar-refractivity contribution is -0.140. The maximum Gasteiger partial charge on any atom is 0.410 e. The van der Waals surface area contributed by atoms with E-state index in [9.17, 15) is 14.4 Å². The van der Waals surface area contributed by atoms with E-state index in [4.69, 9.17) is 19.3 Å². The minimum absolute atomic E-state index is 0.0122. The highest BCUT2D eigenvalue weighted by Gasteiger charge is 2.45. The highest BCUT2D eigenvalue weighted by atomic mass is 19.1. The van der Waals surface area contributed by atoms with E-state index in [1.165, 1.54) is 6.07 Å². The molecule has 2 aliphatic heterocycles. The zero-order valence-electron chi connectivity index (χ0n) is 30.6. The lowest BCUT2D eigenvalue weighted by Gasteiger charge is -2.41. The van der Waals surface area contributed by atoms with Crippen molar-refractivity contribution in [3.05, 3.63) is 83.7 Å². The zero-order valence-corrected chi connectivity index (χ0v) is 30.6. The van der Waals surface area contributed by atoms with Crippen LogP contribution in [-0.2, 0) is 19.1 Å². The first-order valence-electron chi connectivity index (χ1n) is 18.3. The van der Waals surface area contributed by atoms with Gasteiger partial charge in [-0.1, -0.05) is 42.5 Å². The second-order valence-electron chi connectivity index (χ2n) is 15.1. The van der Waals surface area contributed by atoms with Crippen molar-refractivity contribution in [2.75, 3.05) is 57.9 Å². The number of likely N-dealkylation sites (tertiary alicyclic amines) is 1. The molecule has 11 heteroatoms. The molecule has 0 radical (unpaired) electrons. The van der Waals surface area contributed by atoms with E-state index in [1.807, 2.05) is 62.1 Å². The fourth-order valence-electron chi connectivity index (χ4n) is 7.61. The zero-order chi connectivity index (χ0) is 37.0. The van der Waals surface area contributed by atoms with Gasteiger partial charge in [0.2, 0.25) is 5.91 Å². The Hall–Kier alpha value is -4.64. The number of hydrogen-bond donors (Lipinski definition) is 1. The molecule has 3 aromatic rings. The second kappa shape index (κ2) is 15.9. The number of nitrogens with zero attached hydrogens (tertiary/aromatic N) is 3. The molecule has 52 heavy (non-hydrogen) atoms. The maximum absolute atomic E-state index is 15.5. The number of halogens is 1. The SMILES string of the molecule is COCCCN1CC(CN(C(=O)[C@H]2CN(C(=O)OC(C)(C)C)CC[C@@H]2c2cccc(-c3ccc(OCC(=O)O)cc3)c2)C2CC2)c2c(F)cccc21. The second-order valence-corrected chi connectivity index (χ2v) is 15.1. The van der Waals surface area contributed by atoms with Gasteiger partial charge in [0.05, 0.1) is 5.92 Å². The van der Waals surface area contributed by atoms with E-state index < -0.39 is 30.2 Å². The molecule has 2 fully saturated rings. The third-order valence-corrected chi connectivity index (χ3v) is 10.1. The number of piperidine rings is 1. The summed E-state index contributed by atoms with van der Waals surface area (Å²) < 4.78 is 31.9. The van der Waals surface area contributed by atoms with Crippen LogP contribution in [0.2, 0.25) is 0 Å². The Bertz CT molecular complexity index is 1740. The van der Waals surface area contributed by atoms with E-state index >= 15 is 4.39 Å². The van der Waals surface area contributed by atoms with E-state index in [-0.39, 0.29) is 36.1 Å². The van der Waals surface area contributed by atoms with Crippen LogP contribution in [0.25, 0.3) is 11.1 Å². The number of methoxy groups -OCH3 is 1. The van der Waals surface area contributed by atoms with Crippen molar-refractivity contribution in [3.8, 4) is 16.9 Å². The van der Waals surface area contributed by atoms with Crippen LogP contribution in [0.5, 0.6) is 5.75 Å². The van der Waals surface area contributed by atoms with Gasteiger partial charge in [-0.15, -0.1) is 0 Å². The highest BCUT2D eigenvalue weighted by Crippen LogP contribution is 2.43. The Morgan fingerprint density at radius 3 is 2.40 bits per heavy atom.